The average molecular weight is 325 g/mol. The summed E-state index contributed by atoms with van der Waals surface area (Å²) >= 11 is 5.95. The highest BCUT2D eigenvalue weighted by Crippen LogP contribution is 2.25. The molecule has 5 nitrogen and oxygen atoms in total. The Bertz CT molecular complexity index is 786. The van der Waals surface area contributed by atoms with Gasteiger partial charge in [0, 0.05) is 5.56 Å². The lowest BCUT2D eigenvalue weighted by Crippen LogP contribution is -2.15. The van der Waals surface area contributed by atoms with Gasteiger partial charge in [0.05, 0.1) is 15.6 Å². The van der Waals surface area contributed by atoms with Gasteiger partial charge in [0.2, 0.25) is 10.0 Å². The number of aryl methyl sites for hydroxylation is 1. The number of rotatable bonds is 3. The molecule has 7 heteroatoms. The number of nitrogens with one attached hydrogen (secondary N) is 1. The number of carbonyl (C=O) groups is 1. The van der Waals surface area contributed by atoms with E-state index < -0.39 is 10.0 Å². The molecule has 0 aliphatic heterocycles. The van der Waals surface area contributed by atoms with Crippen molar-refractivity contribution in [1.82, 2.24) is 0 Å². The maximum atomic E-state index is 12.1. The molecule has 0 atom stereocenters. The van der Waals surface area contributed by atoms with Crippen LogP contribution in [0.15, 0.2) is 47.4 Å². The van der Waals surface area contributed by atoms with Crippen LogP contribution in [0.25, 0.3) is 0 Å². The molecule has 110 valence electrons. The largest absolute Gasteiger partial charge is 0.321 e. The lowest BCUT2D eigenvalue weighted by Gasteiger charge is -2.09. The summed E-state index contributed by atoms with van der Waals surface area (Å²) in [5.74, 6) is -0.386. The Morgan fingerprint density at radius 3 is 2.33 bits per heavy atom. The quantitative estimate of drug-likeness (QED) is 0.909. The number of sulfonamides is 1. The van der Waals surface area contributed by atoms with Crippen LogP contribution in [-0.4, -0.2) is 14.3 Å². The molecule has 0 fully saturated rings. The Hall–Kier alpha value is -1.89. The van der Waals surface area contributed by atoms with Crippen molar-refractivity contribution in [3.05, 3.63) is 58.6 Å². The summed E-state index contributed by atoms with van der Waals surface area (Å²) in [5, 5.41) is 7.84. The third kappa shape index (κ3) is 3.81. The zero-order chi connectivity index (χ0) is 15.6. The molecule has 0 radical (unpaired) electrons. The maximum Gasteiger partial charge on any atom is 0.255 e. The van der Waals surface area contributed by atoms with Crippen LogP contribution >= 0.6 is 11.6 Å². The smallest absolute Gasteiger partial charge is 0.255 e. The van der Waals surface area contributed by atoms with Gasteiger partial charge in [0.1, 0.15) is 0 Å². The first-order valence-corrected chi connectivity index (χ1v) is 7.90. The number of anilines is 1. The molecule has 2 aromatic rings. The zero-order valence-electron chi connectivity index (χ0n) is 11.1. The summed E-state index contributed by atoms with van der Waals surface area (Å²) in [6.45, 7) is 1.91. The van der Waals surface area contributed by atoms with E-state index >= 15 is 0 Å². The van der Waals surface area contributed by atoms with Crippen LogP contribution in [-0.2, 0) is 10.0 Å². The Kier molecular flexibility index (Phi) is 4.32. The third-order valence-electron chi connectivity index (χ3n) is 2.83. The first-order chi connectivity index (χ1) is 9.77. The van der Waals surface area contributed by atoms with E-state index in [9.17, 15) is 13.2 Å². The van der Waals surface area contributed by atoms with E-state index in [0.717, 1.165) is 5.56 Å². The lowest BCUT2D eigenvalue weighted by atomic mass is 10.1. The molecular weight excluding hydrogens is 312 g/mol. The first kappa shape index (κ1) is 15.5. The van der Waals surface area contributed by atoms with E-state index in [0.29, 0.717) is 5.56 Å². The highest BCUT2D eigenvalue weighted by atomic mass is 35.5. The molecule has 0 saturated heterocycles. The molecule has 0 aliphatic carbocycles. The maximum absolute atomic E-state index is 12.1. The molecule has 0 aliphatic rings. The SMILES string of the molecule is Cc1ccc(C(=O)Nc2cc(S(N)(=O)=O)ccc2Cl)cc1. The summed E-state index contributed by atoms with van der Waals surface area (Å²) in [7, 11) is -3.86. The van der Waals surface area contributed by atoms with E-state index in [2.05, 4.69) is 5.32 Å². The van der Waals surface area contributed by atoms with E-state index in [1.165, 1.54) is 18.2 Å². The van der Waals surface area contributed by atoms with Crippen molar-refractivity contribution < 1.29 is 13.2 Å². The molecule has 2 rings (SSSR count). The van der Waals surface area contributed by atoms with E-state index in [1.54, 1.807) is 24.3 Å². The predicted octanol–water partition coefficient (Wildman–Crippen LogP) is 2.55. The number of hydrogen-bond donors (Lipinski definition) is 2. The fraction of sp³-hybridized carbons (Fsp3) is 0.0714. The van der Waals surface area contributed by atoms with Crippen molar-refractivity contribution >= 4 is 33.2 Å². The fourth-order valence-corrected chi connectivity index (χ4v) is 2.38. The summed E-state index contributed by atoms with van der Waals surface area (Å²) in [6.07, 6.45) is 0. The molecule has 3 N–H and O–H groups in total. The normalized spacial score (nSPS) is 11.2. The van der Waals surface area contributed by atoms with Gasteiger partial charge < -0.3 is 5.32 Å². The lowest BCUT2D eigenvalue weighted by molar-refractivity contribution is 0.102. The van der Waals surface area contributed by atoms with Crippen LogP contribution in [0.4, 0.5) is 5.69 Å². The molecule has 0 aromatic heterocycles. The minimum absolute atomic E-state index is 0.119. The van der Waals surface area contributed by atoms with Gasteiger partial charge in [0.15, 0.2) is 0 Å². The van der Waals surface area contributed by atoms with Crippen molar-refractivity contribution in [1.29, 1.82) is 0 Å². The minimum Gasteiger partial charge on any atom is -0.321 e. The van der Waals surface area contributed by atoms with Crippen molar-refractivity contribution in [2.24, 2.45) is 5.14 Å². The first-order valence-electron chi connectivity index (χ1n) is 5.98. The van der Waals surface area contributed by atoms with E-state index in [-0.39, 0.29) is 21.5 Å². The van der Waals surface area contributed by atoms with Crippen molar-refractivity contribution in [2.45, 2.75) is 11.8 Å². The van der Waals surface area contributed by atoms with Crippen molar-refractivity contribution in [3.8, 4) is 0 Å². The minimum atomic E-state index is -3.86. The Balaban J connectivity index is 2.31. The predicted molar refractivity (Wildman–Crippen MR) is 82.0 cm³/mol. The van der Waals surface area contributed by atoms with Crippen LogP contribution in [0, 0.1) is 6.92 Å². The number of halogens is 1. The second-order valence-electron chi connectivity index (χ2n) is 4.51. The van der Waals surface area contributed by atoms with Gasteiger partial charge in [0.25, 0.3) is 5.91 Å². The van der Waals surface area contributed by atoms with Gasteiger partial charge in [-0.3, -0.25) is 4.79 Å². The molecule has 0 spiro atoms. The number of benzene rings is 2. The van der Waals surface area contributed by atoms with Gasteiger partial charge in [-0.05, 0) is 37.3 Å². The van der Waals surface area contributed by atoms with Crippen molar-refractivity contribution in [3.63, 3.8) is 0 Å². The average Bonchev–Trinajstić information content (AvgIpc) is 2.40. The Morgan fingerprint density at radius 1 is 1.14 bits per heavy atom. The molecule has 0 bridgehead atoms. The summed E-state index contributed by atoms with van der Waals surface area (Å²) < 4.78 is 22.6. The number of carbonyl (C=O) groups excluding carboxylic acids is 1. The molecule has 21 heavy (non-hydrogen) atoms. The number of amides is 1. The van der Waals surface area contributed by atoms with Gasteiger partial charge in [-0.15, -0.1) is 0 Å². The number of hydrogen-bond acceptors (Lipinski definition) is 3. The van der Waals surface area contributed by atoms with Gasteiger partial charge in [-0.1, -0.05) is 29.3 Å². The molecule has 1 amide bonds. The standard InChI is InChI=1S/C14H13ClN2O3S/c1-9-2-4-10(5-3-9)14(18)17-13-8-11(21(16,19)20)6-7-12(13)15/h2-8H,1H3,(H,17,18)(H2,16,19,20). The van der Waals surface area contributed by atoms with Gasteiger partial charge in [-0.25, -0.2) is 13.6 Å². The number of nitrogens with two attached hydrogens (primary N) is 1. The van der Waals surface area contributed by atoms with Crippen LogP contribution < -0.4 is 10.5 Å². The van der Waals surface area contributed by atoms with Crippen LogP contribution in [0.3, 0.4) is 0 Å². The van der Waals surface area contributed by atoms with Crippen molar-refractivity contribution in [2.75, 3.05) is 5.32 Å². The summed E-state index contributed by atoms with van der Waals surface area (Å²) in [5.41, 5.74) is 1.66. The van der Waals surface area contributed by atoms with E-state index in [1.807, 2.05) is 6.92 Å². The van der Waals surface area contributed by atoms with Crippen LogP contribution in [0.2, 0.25) is 5.02 Å². The molecule has 0 unspecified atom stereocenters. The zero-order valence-corrected chi connectivity index (χ0v) is 12.7. The summed E-state index contributed by atoms with van der Waals surface area (Å²) in [6, 6.07) is 10.8. The third-order valence-corrected chi connectivity index (χ3v) is 4.07. The van der Waals surface area contributed by atoms with Gasteiger partial charge >= 0.3 is 0 Å². The second kappa shape index (κ2) is 5.85. The molecule has 2 aromatic carbocycles. The van der Waals surface area contributed by atoms with Crippen LogP contribution in [0.5, 0.6) is 0 Å². The topological polar surface area (TPSA) is 89.3 Å². The highest BCUT2D eigenvalue weighted by Gasteiger charge is 2.13. The second-order valence-corrected chi connectivity index (χ2v) is 6.48. The molecule has 0 saturated carbocycles. The molecule has 0 heterocycles. The Labute approximate surface area is 127 Å². The number of primary sulfonamides is 1. The van der Waals surface area contributed by atoms with E-state index in [4.69, 9.17) is 16.7 Å². The molecular formula is C14H13ClN2O3S. The Morgan fingerprint density at radius 2 is 1.76 bits per heavy atom. The van der Waals surface area contributed by atoms with Gasteiger partial charge in [-0.2, -0.15) is 0 Å². The fourth-order valence-electron chi connectivity index (χ4n) is 1.68. The van der Waals surface area contributed by atoms with Crippen LogP contribution in [0.1, 0.15) is 15.9 Å². The summed E-state index contributed by atoms with van der Waals surface area (Å²) in [4.78, 5) is 12.0. The monoisotopic (exact) mass is 324 g/mol. The highest BCUT2D eigenvalue weighted by molar-refractivity contribution is 7.89.